The summed E-state index contributed by atoms with van der Waals surface area (Å²) < 4.78 is 6.50. The number of rotatable bonds is 2. The van der Waals surface area contributed by atoms with Crippen LogP contribution in [0.2, 0.25) is 18.1 Å². The van der Waals surface area contributed by atoms with Crippen molar-refractivity contribution in [2.24, 2.45) is 0 Å². The highest BCUT2D eigenvalue weighted by Crippen LogP contribution is 2.44. The fourth-order valence-corrected chi connectivity index (χ4v) is 4.44. The molecule has 0 spiro atoms. The summed E-state index contributed by atoms with van der Waals surface area (Å²) in [5, 5.41) is 0.137. The first-order valence-electron chi connectivity index (χ1n) is 9.34. The number of hydrogen-bond acceptors (Lipinski definition) is 2. The topological polar surface area (TPSA) is 26.3 Å². The van der Waals surface area contributed by atoms with Crippen LogP contribution in [0.3, 0.4) is 0 Å². The average molecular weight is 367 g/mol. The largest absolute Gasteiger partial charge is 0.543 e. The lowest BCUT2D eigenvalue weighted by molar-refractivity contribution is 0.103. The second kappa shape index (κ2) is 5.82. The van der Waals surface area contributed by atoms with Gasteiger partial charge >= 0.3 is 0 Å². The first-order valence-corrected chi connectivity index (χ1v) is 12.2. The Kier molecular flexibility index (Phi) is 4.23. The minimum atomic E-state index is -1.92. The fraction of sp³-hybridized carbons (Fsp3) is 0.435. The molecule has 2 nitrogen and oxygen atoms in total. The maximum atomic E-state index is 13.0. The van der Waals surface area contributed by atoms with Gasteiger partial charge in [0.25, 0.3) is 0 Å². The summed E-state index contributed by atoms with van der Waals surface area (Å²) in [6.45, 7) is 17.7. The molecule has 0 unspecified atom stereocenters. The van der Waals surface area contributed by atoms with Crippen molar-refractivity contribution in [2.75, 3.05) is 0 Å². The predicted molar refractivity (Wildman–Crippen MR) is 111 cm³/mol. The molecule has 2 aromatic carbocycles. The van der Waals surface area contributed by atoms with Gasteiger partial charge in [-0.1, -0.05) is 58.4 Å². The zero-order chi connectivity index (χ0) is 19.5. The van der Waals surface area contributed by atoms with Gasteiger partial charge in [-0.05, 0) is 54.4 Å². The lowest BCUT2D eigenvalue weighted by atomic mass is 9.68. The molecule has 138 valence electrons. The van der Waals surface area contributed by atoms with Crippen molar-refractivity contribution in [1.29, 1.82) is 0 Å². The summed E-state index contributed by atoms with van der Waals surface area (Å²) in [7, 11) is -1.92. The van der Waals surface area contributed by atoms with E-state index < -0.39 is 8.32 Å². The van der Waals surface area contributed by atoms with Crippen molar-refractivity contribution in [1.82, 2.24) is 0 Å². The SMILES string of the molecule is Cc1ccc2c(c1)C(C)(C)c1cc(O[Si](C)(C)C(C)(C)C)ccc1C2=O. The third-order valence-electron chi connectivity index (χ3n) is 6.18. The minimum absolute atomic E-state index is 0.119. The van der Waals surface area contributed by atoms with Crippen LogP contribution < -0.4 is 4.43 Å². The summed E-state index contributed by atoms with van der Waals surface area (Å²) in [4.78, 5) is 13.0. The van der Waals surface area contributed by atoms with E-state index >= 15 is 0 Å². The summed E-state index contributed by atoms with van der Waals surface area (Å²) in [5.41, 5.74) is 4.76. The van der Waals surface area contributed by atoms with Gasteiger partial charge < -0.3 is 4.43 Å². The van der Waals surface area contributed by atoms with E-state index in [1.54, 1.807) is 0 Å². The predicted octanol–water partition coefficient (Wildman–Crippen LogP) is 6.25. The number of carbonyl (C=O) groups is 1. The van der Waals surface area contributed by atoms with Crippen molar-refractivity contribution in [3.8, 4) is 5.75 Å². The van der Waals surface area contributed by atoms with E-state index in [1.807, 2.05) is 24.3 Å². The molecule has 0 bridgehead atoms. The normalized spacial score (nSPS) is 16.1. The number of hydrogen-bond donors (Lipinski definition) is 0. The van der Waals surface area contributed by atoms with Gasteiger partial charge in [0, 0.05) is 16.5 Å². The summed E-state index contributed by atoms with van der Waals surface area (Å²) >= 11 is 0. The van der Waals surface area contributed by atoms with Crippen molar-refractivity contribution >= 4 is 14.1 Å². The fourth-order valence-electron chi connectivity index (χ4n) is 3.41. The van der Waals surface area contributed by atoms with Gasteiger partial charge in [0.2, 0.25) is 8.32 Å². The Balaban J connectivity index is 2.11. The molecule has 0 aliphatic heterocycles. The van der Waals surface area contributed by atoms with Crippen LogP contribution in [-0.2, 0) is 5.41 Å². The van der Waals surface area contributed by atoms with E-state index in [-0.39, 0.29) is 16.2 Å². The van der Waals surface area contributed by atoms with Gasteiger partial charge in [0.05, 0.1) is 0 Å². The quantitative estimate of drug-likeness (QED) is 0.587. The van der Waals surface area contributed by atoms with Gasteiger partial charge in [-0.3, -0.25) is 4.79 Å². The molecule has 0 saturated heterocycles. The van der Waals surface area contributed by atoms with Gasteiger partial charge in [0.1, 0.15) is 5.75 Å². The van der Waals surface area contributed by atoms with Crippen LogP contribution in [-0.4, -0.2) is 14.1 Å². The standard InChI is InChI=1S/C23H30O2Si/c1-15-9-11-17-19(13-15)23(5,6)20-14-16(10-12-18(20)21(17)24)25-26(7,8)22(2,3)4/h9-14H,1-8H3. The number of benzene rings is 2. The maximum Gasteiger partial charge on any atom is 0.250 e. The van der Waals surface area contributed by atoms with Crippen molar-refractivity contribution in [2.45, 2.75) is 65.1 Å². The highest BCUT2D eigenvalue weighted by atomic mass is 28.4. The smallest absolute Gasteiger partial charge is 0.250 e. The van der Waals surface area contributed by atoms with E-state index in [0.29, 0.717) is 0 Å². The molecule has 3 heteroatoms. The van der Waals surface area contributed by atoms with Crippen LogP contribution >= 0.6 is 0 Å². The molecule has 0 fully saturated rings. The highest BCUT2D eigenvalue weighted by molar-refractivity contribution is 6.74. The first-order chi connectivity index (χ1) is 11.8. The Morgan fingerprint density at radius 1 is 0.923 bits per heavy atom. The van der Waals surface area contributed by atoms with Gasteiger partial charge in [-0.2, -0.15) is 0 Å². The summed E-state index contributed by atoms with van der Waals surface area (Å²) in [6, 6.07) is 12.2. The molecular formula is C23H30O2Si. The first kappa shape index (κ1) is 18.9. The van der Waals surface area contributed by atoms with Gasteiger partial charge in [0.15, 0.2) is 5.78 Å². The Morgan fingerprint density at radius 2 is 1.46 bits per heavy atom. The average Bonchev–Trinajstić information content (AvgIpc) is 2.51. The Labute approximate surface area is 158 Å². The van der Waals surface area contributed by atoms with E-state index in [0.717, 1.165) is 28.0 Å². The highest BCUT2D eigenvalue weighted by Gasteiger charge is 2.40. The third-order valence-corrected chi connectivity index (χ3v) is 10.5. The lowest BCUT2D eigenvalue weighted by Crippen LogP contribution is -2.44. The second-order valence-electron chi connectivity index (χ2n) is 9.57. The maximum absolute atomic E-state index is 13.0. The van der Waals surface area contributed by atoms with Crippen molar-refractivity contribution in [3.05, 3.63) is 64.2 Å². The lowest BCUT2D eigenvalue weighted by Gasteiger charge is -2.38. The summed E-state index contributed by atoms with van der Waals surface area (Å²) in [5.74, 6) is 1.00. The molecule has 26 heavy (non-hydrogen) atoms. The molecule has 0 heterocycles. The number of ketones is 1. The van der Waals surface area contributed by atoms with Crippen LogP contribution in [0.25, 0.3) is 0 Å². The Hall–Kier alpha value is -1.87. The van der Waals surface area contributed by atoms with E-state index in [4.69, 9.17) is 4.43 Å². The van der Waals surface area contributed by atoms with Crippen LogP contribution in [0.4, 0.5) is 0 Å². The molecule has 0 saturated carbocycles. The molecule has 1 aliphatic rings. The molecular weight excluding hydrogens is 336 g/mol. The zero-order valence-corrected chi connectivity index (χ0v) is 18.3. The van der Waals surface area contributed by atoms with Crippen LogP contribution in [0.5, 0.6) is 5.75 Å². The van der Waals surface area contributed by atoms with E-state index in [9.17, 15) is 4.79 Å². The number of aryl methyl sites for hydroxylation is 1. The molecule has 0 amide bonds. The molecule has 0 N–H and O–H groups in total. The number of fused-ring (bicyclic) bond motifs is 2. The summed E-state index contributed by atoms with van der Waals surface area (Å²) in [6.07, 6.45) is 0. The molecule has 1 aliphatic carbocycles. The molecule has 0 aromatic heterocycles. The number of carbonyl (C=O) groups excluding carboxylic acids is 1. The van der Waals surface area contributed by atoms with Crippen LogP contribution in [0.1, 0.15) is 67.2 Å². The molecule has 2 aromatic rings. The molecule has 3 rings (SSSR count). The Bertz CT molecular complexity index is 886. The van der Waals surface area contributed by atoms with E-state index in [1.165, 1.54) is 5.56 Å². The molecule has 0 radical (unpaired) electrons. The monoisotopic (exact) mass is 366 g/mol. The van der Waals surface area contributed by atoms with Gasteiger partial charge in [-0.15, -0.1) is 0 Å². The van der Waals surface area contributed by atoms with Crippen LogP contribution in [0, 0.1) is 6.92 Å². The van der Waals surface area contributed by atoms with E-state index in [2.05, 4.69) is 66.8 Å². The Morgan fingerprint density at radius 3 is 2.04 bits per heavy atom. The second-order valence-corrected chi connectivity index (χ2v) is 14.3. The van der Waals surface area contributed by atoms with Gasteiger partial charge in [-0.25, -0.2) is 0 Å². The third kappa shape index (κ3) is 2.92. The minimum Gasteiger partial charge on any atom is -0.543 e. The van der Waals surface area contributed by atoms with Crippen molar-refractivity contribution < 1.29 is 9.22 Å². The molecule has 0 atom stereocenters. The van der Waals surface area contributed by atoms with Crippen LogP contribution in [0.15, 0.2) is 36.4 Å². The van der Waals surface area contributed by atoms with Crippen molar-refractivity contribution in [3.63, 3.8) is 0 Å². The zero-order valence-electron chi connectivity index (χ0n) is 17.3.